The van der Waals surface area contributed by atoms with Crippen LogP contribution in [0.4, 0.5) is 5.82 Å². The van der Waals surface area contributed by atoms with Gasteiger partial charge in [-0.3, -0.25) is 9.69 Å². The van der Waals surface area contributed by atoms with E-state index < -0.39 is 0 Å². The third-order valence-electron chi connectivity index (χ3n) is 4.62. The molecular formula is C21H21N5OS. The molecule has 0 radical (unpaired) electrons. The maximum atomic E-state index is 11.9. The molecule has 3 aromatic rings. The van der Waals surface area contributed by atoms with Crippen LogP contribution < -0.4 is 11.1 Å². The summed E-state index contributed by atoms with van der Waals surface area (Å²) in [6.45, 7) is 2.77. The van der Waals surface area contributed by atoms with Crippen molar-refractivity contribution in [3.05, 3.63) is 42.1 Å². The molecule has 4 rings (SSSR count). The molecule has 3 heterocycles. The lowest BCUT2D eigenvalue weighted by molar-refractivity contribution is -0.121. The Morgan fingerprint density at radius 3 is 2.93 bits per heavy atom. The third-order valence-corrected chi connectivity index (χ3v) is 5.69. The average molecular weight is 392 g/mol. The number of likely N-dealkylation sites (tertiary alicyclic amines) is 1. The van der Waals surface area contributed by atoms with E-state index >= 15 is 0 Å². The van der Waals surface area contributed by atoms with Gasteiger partial charge in [-0.1, -0.05) is 24.0 Å². The maximum Gasteiger partial charge on any atom is 0.234 e. The number of nitrogen functional groups attached to an aromatic ring is 1. The summed E-state index contributed by atoms with van der Waals surface area (Å²) >= 11 is 1.58. The number of para-hydroxylation sites is 1. The highest BCUT2D eigenvalue weighted by molar-refractivity contribution is 7.21. The van der Waals surface area contributed by atoms with Gasteiger partial charge in [0, 0.05) is 11.8 Å². The molecule has 142 valence electrons. The number of carbonyl (C=O) groups is 1. The van der Waals surface area contributed by atoms with Crippen molar-refractivity contribution in [1.82, 2.24) is 20.2 Å². The van der Waals surface area contributed by atoms with Crippen LogP contribution >= 0.6 is 11.3 Å². The number of anilines is 1. The molecule has 1 aromatic carbocycles. The van der Waals surface area contributed by atoms with E-state index in [0.29, 0.717) is 18.9 Å². The Hall–Kier alpha value is -2.95. The van der Waals surface area contributed by atoms with Gasteiger partial charge in [-0.25, -0.2) is 9.97 Å². The van der Waals surface area contributed by atoms with Crippen molar-refractivity contribution in [3.8, 4) is 22.4 Å². The lowest BCUT2D eigenvalue weighted by atomic mass is 10.2. The number of nitrogens with two attached hydrogens (primary N) is 1. The number of hydrogen-bond acceptors (Lipinski definition) is 6. The van der Waals surface area contributed by atoms with Crippen LogP contribution in [0, 0.1) is 11.8 Å². The molecule has 1 saturated heterocycles. The highest BCUT2D eigenvalue weighted by Crippen LogP contribution is 2.32. The van der Waals surface area contributed by atoms with Crippen LogP contribution in [0.5, 0.6) is 0 Å². The molecule has 0 saturated carbocycles. The quantitative estimate of drug-likeness (QED) is 0.668. The summed E-state index contributed by atoms with van der Waals surface area (Å²) in [4.78, 5) is 23.0. The standard InChI is InChI=1S/C21H21N5OS/c22-20-16(21-25-17-7-1-2-8-18(17)28-21)12-15(13-24-20)6-5-9-23-19(27)14-26-10-3-4-11-26/h1-2,7-8,12-13H,3-4,9-11,14H2,(H2,22,24)(H,23,27). The van der Waals surface area contributed by atoms with Gasteiger partial charge in [-0.2, -0.15) is 0 Å². The van der Waals surface area contributed by atoms with Gasteiger partial charge in [0.1, 0.15) is 10.8 Å². The minimum absolute atomic E-state index is 0.0156. The first-order valence-corrected chi connectivity index (χ1v) is 10.1. The molecule has 0 aliphatic carbocycles. The van der Waals surface area contributed by atoms with E-state index in [0.717, 1.165) is 39.4 Å². The Kier molecular flexibility index (Phi) is 5.51. The highest BCUT2D eigenvalue weighted by Gasteiger charge is 2.14. The second kappa shape index (κ2) is 8.38. The minimum atomic E-state index is 0.0156. The Morgan fingerprint density at radius 1 is 1.29 bits per heavy atom. The molecule has 0 unspecified atom stereocenters. The van der Waals surface area contributed by atoms with E-state index in [9.17, 15) is 4.79 Å². The second-order valence-corrected chi connectivity index (χ2v) is 7.74. The molecule has 0 atom stereocenters. The van der Waals surface area contributed by atoms with Crippen molar-refractivity contribution in [2.24, 2.45) is 0 Å². The summed E-state index contributed by atoms with van der Waals surface area (Å²) in [6, 6.07) is 9.88. The predicted molar refractivity (Wildman–Crippen MR) is 113 cm³/mol. The lowest BCUT2D eigenvalue weighted by Gasteiger charge is -2.12. The molecule has 0 bridgehead atoms. The smallest absolute Gasteiger partial charge is 0.234 e. The summed E-state index contributed by atoms with van der Waals surface area (Å²) < 4.78 is 1.11. The van der Waals surface area contributed by atoms with Crippen molar-refractivity contribution < 1.29 is 4.79 Å². The predicted octanol–water partition coefficient (Wildman–Crippen LogP) is 2.50. The SMILES string of the molecule is Nc1ncc(C#CCNC(=O)CN2CCCC2)cc1-c1nc2ccccc2s1. The zero-order chi connectivity index (χ0) is 19.3. The largest absolute Gasteiger partial charge is 0.383 e. The molecule has 1 aliphatic rings. The number of nitrogens with zero attached hydrogens (tertiary/aromatic N) is 3. The van der Waals surface area contributed by atoms with Gasteiger partial charge in [0.15, 0.2) is 0 Å². The molecule has 2 aromatic heterocycles. The third kappa shape index (κ3) is 4.30. The Labute approximate surface area is 167 Å². The van der Waals surface area contributed by atoms with Gasteiger partial charge in [0.05, 0.1) is 28.9 Å². The van der Waals surface area contributed by atoms with Crippen LogP contribution in [0.15, 0.2) is 36.5 Å². The first-order valence-electron chi connectivity index (χ1n) is 9.28. The van der Waals surface area contributed by atoms with Crippen LogP contribution in [0.1, 0.15) is 18.4 Å². The number of carbonyl (C=O) groups excluding carboxylic acids is 1. The van der Waals surface area contributed by atoms with Crippen molar-refractivity contribution >= 4 is 33.3 Å². The molecule has 6 nitrogen and oxygen atoms in total. The molecule has 1 amide bonds. The van der Waals surface area contributed by atoms with Gasteiger partial charge >= 0.3 is 0 Å². The summed E-state index contributed by atoms with van der Waals surface area (Å²) in [5.41, 5.74) is 8.54. The first kappa shape index (κ1) is 18.4. The van der Waals surface area contributed by atoms with E-state index in [4.69, 9.17) is 5.73 Å². The fourth-order valence-electron chi connectivity index (χ4n) is 3.19. The van der Waals surface area contributed by atoms with E-state index in [2.05, 4.69) is 32.0 Å². The molecule has 28 heavy (non-hydrogen) atoms. The highest BCUT2D eigenvalue weighted by atomic mass is 32.1. The average Bonchev–Trinajstić information content (AvgIpc) is 3.35. The number of amides is 1. The van der Waals surface area contributed by atoms with E-state index in [1.165, 1.54) is 12.8 Å². The topological polar surface area (TPSA) is 84.1 Å². The summed E-state index contributed by atoms with van der Waals surface area (Å²) in [5, 5.41) is 3.67. The van der Waals surface area contributed by atoms with Crippen LogP contribution in [-0.2, 0) is 4.79 Å². The summed E-state index contributed by atoms with van der Waals surface area (Å²) in [7, 11) is 0. The summed E-state index contributed by atoms with van der Waals surface area (Å²) in [5.74, 6) is 6.48. The van der Waals surface area contributed by atoms with Crippen molar-refractivity contribution in [3.63, 3.8) is 0 Å². The Bertz CT molecular complexity index is 1030. The van der Waals surface area contributed by atoms with Crippen molar-refractivity contribution in [2.75, 3.05) is 31.9 Å². The van der Waals surface area contributed by atoms with E-state index in [-0.39, 0.29) is 5.91 Å². The monoisotopic (exact) mass is 391 g/mol. The molecule has 1 aliphatic heterocycles. The normalized spacial score (nSPS) is 14.0. The fraction of sp³-hybridized carbons (Fsp3) is 0.286. The van der Waals surface area contributed by atoms with Crippen molar-refractivity contribution in [1.29, 1.82) is 0 Å². The number of rotatable bonds is 4. The van der Waals surface area contributed by atoms with Crippen molar-refractivity contribution in [2.45, 2.75) is 12.8 Å². The zero-order valence-electron chi connectivity index (χ0n) is 15.4. The van der Waals surface area contributed by atoms with Gasteiger partial charge in [0.25, 0.3) is 0 Å². The minimum Gasteiger partial charge on any atom is -0.383 e. The molecular weight excluding hydrogens is 370 g/mol. The fourth-order valence-corrected chi connectivity index (χ4v) is 4.18. The van der Waals surface area contributed by atoms with E-state index in [1.807, 2.05) is 30.3 Å². The number of thiazole rings is 1. The van der Waals surface area contributed by atoms with Crippen LogP contribution in [0.3, 0.4) is 0 Å². The molecule has 0 spiro atoms. The summed E-state index contributed by atoms with van der Waals surface area (Å²) in [6.07, 6.45) is 3.99. The molecule has 7 heteroatoms. The number of aromatic nitrogens is 2. The molecule has 1 fully saturated rings. The van der Waals surface area contributed by atoms with Gasteiger partial charge in [-0.05, 0) is 44.1 Å². The first-order chi connectivity index (χ1) is 13.7. The Balaban J connectivity index is 1.42. The van der Waals surface area contributed by atoms with Crippen LogP contribution in [0.2, 0.25) is 0 Å². The maximum absolute atomic E-state index is 11.9. The van der Waals surface area contributed by atoms with Gasteiger partial charge in [0.2, 0.25) is 5.91 Å². The molecule has 3 N–H and O–H groups in total. The van der Waals surface area contributed by atoms with Gasteiger partial charge < -0.3 is 11.1 Å². The van der Waals surface area contributed by atoms with E-state index in [1.54, 1.807) is 17.5 Å². The number of hydrogen-bond donors (Lipinski definition) is 2. The van der Waals surface area contributed by atoms with Crippen LogP contribution in [-0.4, -0.2) is 47.0 Å². The zero-order valence-corrected chi connectivity index (χ0v) is 16.3. The Morgan fingerprint density at radius 2 is 2.11 bits per heavy atom. The van der Waals surface area contributed by atoms with Crippen LogP contribution in [0.25, 0.3) is 20.8 Å². The number of nitrogens with one attached hydrogen (secondary N) is 1. The number of benzene rings is 1. The lowest BCUT2D eigenvalue weighted by Crippen LogP contribution is -2.35. The van der Waals surface area contributed by atoms with Gasteiger partial charge in [-0.15, -0.1) is 11.3 Å². The second-order valence-electron chi connectivity index (χ2n) is 6.71. The number of pyridine rings is 1. The number of fused-ring (bicyclic) bond motifs is 1.